The molecule has 0 spiro atoms. The molecule has 0 aliphatic carbocycles. The van der Waals surface area contributed by atoms with E-state index in [4.69, 9.17) is 5.73 Å². The van der Waals surface area contributed by atoms with Crippen molar-refractivity contribution in [2.24, 2.45) is 5.73 Å². The van der Waals surface area contributed by atoms with Gasteiger partial charge in [0.15, 0.2) is 0 Å². The van der Waals surface area contributed by atoms with Crippen molar-refractivity contribution < 1.29 is 0 Å². The van der Waals surface area contributed by atoms with Gasteiger partial charge in [0, 0.05) is 41.8 Å². The van der Waals surface area contributed by atoms with Gasteiger partial charge in [-0.05, 0) is 31.5 Å². The maximum Gasteiger partial charge on any atom is 0.0488 e. The minimum atomic E-state index is 0.453. The van der Waals surface area contributed by atoms with E-state index in [1.165, 1.54) is 22.2 Å². The van der Waals surface area contributed by atoms with Crippen LogP contribution in [0.15, 0.2) is 24.3 Å². The van der Waals surface area contributed by atoms with E-state index < -0.39 is 0 Å². The average Bonchev–Trinajstić information content (AvgIpc) is 2.74. The average molecular weight is 259 g/mol. The first-order chi connectivity index (χ1) is 9.04. The zero-order valence-corrected chi connectivity index (χ0v) is 12.4. The third-order valence-electron chi connectivity index (χ3n) is 3.48. The van der Waals surface area contributed by atoms with Crippen molar-refractivity contribution in [2.45, 2.75) is 52.9 Å². The third-order valence-corrected chi connectivity index (χ3v) is 3.48. The summed E-state index contributed by atoms with van der Waals surface area (Å²) < 4.78 is 2.41. The second kappa shape index (κ2) is 5.76. The van der Waals surface area contributed by atoms with Crippen molar-refractivity contribution in [3.05, 3.63) is 35.5 Å². The van der Waals surface area contributed by atoms with Crippen LogP contribution in [0.4, 0.5) is 0 Å². The van der Waals surface area contributed by atoms with Gasteiger partial charge in [-0.25, -0.2) is 0 Å². The first-order valence-corrected chi connectivity index (χ1v) is 7.09. The van der Waals surface area contributed by atoms with Gasteiger partial charge in [-0.3, -0.25) is 0 Å². The molecule has 0 amide bonds. The van der Waals surface area contributed by atoms with Gasteiger partial charge in [0.2, 0.25) is 0 Å². The predicted octanol–water partition coefficient (Wildman–Crippen LogP) is 3.18. The molecule has 0 bridgehead atoms. The number of nitrogens with one attached hydrogen (secondary N) is 1. The van der Waals surface area contributed by atoms with Crippen molar-refractivity contribution >= 4 is 10.9 Å². The molecule has 0 aliphatic heterocycles. The predicted molar refractivity (Wildman–Crippen MR) is 82.2 cm³/mol. The lowest BCUT2D eigenvalue weighted by Crippen LogP contribution is -2.23. The quantitative estimate of drug-likeness (QED) is 0.866. The molecule has 3 nitrogen and oxygen atoms in total. The Hall–Kier alpha value is -1.32. The third kappa shape index (κ3) is 2.82. The van der Waals surface area contributed by atoms with E-state index in [1.807, 2.05) is 0 Å². The van der Waals surface area contributed by atoms with E-state index in [0.29, 0.717) is 18.6 Å². The second-order valence-electron chi connectivity index (χ2n) is 5.69. The molecule has 0 radical (unpaired) electrons. The van der Waals surface area contributed by atoms with Crippen LogP contribution >= 0.6 is 0 Å². The van der Waals surface area contributed by atoms with E-state index in [2.05, 4.69) is 61.8 Å². The Bertz CT molecular complexity index is 552. The topological polar surface area (TPSA) is 43.0 Å². The minimum absolute atomic E-state index is 0.453. The molecule has 0 saturated carbocycles. The van der Waals surface area contributed by atoms with Crippen molar-refractivity contribution in [1.82, 2.24) is 9.88 Å². The lowest BCUT2D eigenvalue weighted by atomic mass is 10.1. The highest BCUT2D eigenvalue weighted by Crippen LogP contribution is 2.26. The Morgan fingerprint density at radius 2 is 1.95 bits per heavy atom. The molecule has 0 aliphatic rings. The van der Waals surface area contributed by atoms with Gasteiger partial charge in [0.25, 0.3) is 0 Å². The van der Waals surface area contributed by atoms with Crippen LogP contribution in [-0.4, -0.2) is 10.6 Å². The van der Waals surface area contributed by atoms with Crippen LogP contribution in [-0.2, 0) is 13.1 Å². The van der Waals surface area contributed by atoms with Gasteiger partial charge in [0.05, 0.1) is 0 Å². The highest BCUT2D eigenvalue weighted by atomic mass is 15.0. The first-order valence-electron chi connectivity index (χ1n) is 7.09. The monoisotopic (exact) mass is 259 g/mol. The minimum Gasteiger partial charge on any atom is -0.341 e. The van der Waals surface area contributed by atoms with Crippen molar-refractivity contribution in [2.75, 3.05) is 0 Å². The molecule has 3 N–H and O–H groups in total. The molecular weight excluding hydrogens is 234 g/mol. The molecule has 2 rings (SSSR count). The van der Waals surface area contributed by atoms with Gasteiger partial charge in [-0.15, -0.1) is 0 Å². The Morgan fingerprint density at radius 3 is 2.53 bits per heavy atom. The standard InChI is InChI=1S/C16H25N3/c1-11(2)18-10-14-8-15-13(9-17)6-5-7-16(15)19(14)12(3)4/h5-8,11-12,18H,9-10,17H2,1-4H3. The molecule has 1 aromatic heterocycles. The van der Waals surface area contributed by atoms with E-state index in [0.717, 1.165) is 6.54 Å². The van der Waals surface area contributed by atoms with Crippen LogP contribution in [0.5, 0.6) is 0 Å². The zero-order chi connectivity index (χ0) is 14.0. The van der Waals surface area contributed by atoms with Crippen LogP contribution in [0.3, 0.4) is 0 Å². The van der Waals surface area contributed by atoms with Crippen LogP contribution in [0.2, 0.25) is 0 Å². The van der Waals surface area contributed by atoms with E-state index in [9.17, 15) is 0 Å². The zero-order valence-electron chi connectivity index (χ0n) is 12.4. The Morgan fingerprint density at radius 1 is 1.21 bits per heavy atom. The molecular formula is C16H25N3. The summed E-state index contributed by atoms with van der Waals surface area (Å²) in [4.78, 5) is 0. The lowest BCUT2D eigenvalue weighted by Gasteiger charge is -2.16. The lowest BCUT2D eigenvalue weighted by molar-refractivity contribution is 0.534. The summed E-state index contributed by atoms with van der Waals surface area (Å²) in [6.45, 7) is 10.3. The highest BCUT2D eigenvalue weighted by molar-refractivity contribution is 5.85. The summed E-state index contributed by atoms with van der Waals surface area (Å²) >= 11 is 0. The van der Waals surface area contributed by atoms with Gasteiger partial charge < -0.3 is 15.6 Å². The molecule has 0 saturated heterocycles. The maximum absolute atomic E-state index is 5.85. The Balaban J connectivity index is 2.53. The molecule has 3 heteroatoms. The largest absolute Gasteiger partial charge is 0.341 e. The number of hydrogen-bond donors (Lipinski definition) is 2. The molecule has 2 aromatic rings. The molecule has 104 valence electrons. The number of hydrogen-bond acceptors (Lipinski definition) is 2. The summed E-state index contributed by atoms with van der Waals surface area (Å²) in [6, 6.07) is 9.64. The smallest absolute Gasteiger partial charge is 0.0488 e. The fraction of sp³-hybridized carbons (Fsp3) is 0.500. The number of fused-ring (bicyclic) bond motifs is 1. The van der Waals surface area contributed by atoms with Crippen LogP contribution in [0.25, 0.3) is 10.9 Å². The first kappa shape index (κ1) is 14.1. The summed E-state index contributed by atoms with van der Waals surface area (Å²) in [7, 11) is 0. The summed E-state index contributed by atoms with van der Waals surface area (Å²) in [5, 5.41) is 4.79. The van der Waals surface area contributed by atoms with E-state index in [1.54, 1.807) is 0 Å². The molecule has 0 unspecified atom stereocenters. The van der Waals surface area contributed by atoms with Gasteiger partial charge in [-0.2, -0.15) is 0 Å². The molecule has 1 heterocycles. The summed E-state index contributed by atoms with van der Waals surface area (Å²) in [5.41, 5.74) is 9.70. The summed E-state index contributed by atoms with van der Waals surface area (Å²) in [5.74, 6) is 0. The van der Waals surface area contributed by atoms with E-state index in [-0.39, 0.29) is 0 Å². The number of nitrogens with two attached hydrogens (primary N) is 1. The molecule has 0 fully saturated rings. The van der Waals surface area contributed by atoms with Gasteiger partial charge in [0.1, 0.15) is 0 Å². The Labute approximate surface area is 115 Å². The van der Waals surface area contributed by atoms with Gasteiger partial charge in [-0.1, -0.05) is 26.0 Å². The number of aromatic nitrogens is 1. The fourth-order valence-electron chi connectivity index (χ4n) is 2.60. The Kier molecular flexibility index (Phi) is 4.27. The summed E-state index contributed by atoms with van der Waals surface area (Å²) in [6.07, 6.45) is 0. The van der Waals surface area contributed by atoms with Crippen LogP contribution < -0.4 is 11.1 Å². The van der Waals surface area contributed by atoms with Crippen molar-refractivity contribution in [3.63, 3.8) is 0 Å². The number of nitrogens with zero attached hydrogens (tertiary/aromatic N) is 1. The molecule has 1 aromatic carbocycles. The molecule has 0 atom stereocenters. The SMILES string of the molecule is CC(C)NCc1cc2c(CN)cccc2n1C(C)C. The highest BCUT2D eigenvalue weighted by Gasteiger charge is 2.13. The van der Waals surface area contributed by atoms with Crippen LogP contribution in [0, 0.1) is 0 Å². The van der Waals surface area contributed by atoms with Crippen molar-refractivity contribution in [1.29, 1.82) is 0 Å². The second-order valence-corrected chi connectivity index (χ2v) is 5.69. The van der Waals surface area contributed by atoms with Gasteiger partial charge >= 0.3 is 0 Å². The van der Waals surface area contributed by atoms with E-state index >= 15 is 0 Å². The molecule has 19 heavy (non-hydrogen) atoms. The van der Waals surface area contributed by atoms with Crippen LogP contribution in [0.1, 0.15) is 45.0 Å². The fourth-order valence-corrected chi connectivity index (χ4v) is 2.60. The number of rotatable bonds is 5. The normalized spacial score (nSPS) is 11.9. The van der Waals surface area contributed by atoms with Crippen molar-refractivity contribution in [3.8, 4) is 0 Å². The maximum atomic E-state index is 5.85. The number of benzene rings is 1.